The largest absolute Gasteiger partial charge is 2.00 e. The van der Waals surface area contributed by atoms with Gasteiger partial charge in [-0.15, -0.1) is 29.7 Å². The fraction of sp³-hybridized carbons (Fsp3) is 0. The summed E-state index contributed by atoms with van der Waals surface area (Å²) >= 11 is 0. The molecule has 9 aromatic rings. The average Bonchev–Trinajstić information content (AvgIpc) is 3.66. The molecule has 47 heavy (non-hydrogen) atoms. The topological polar surface area (TPSA) is 56.3 Å². The second-order valence-corrected chi connectivity index (χ2v) is 10.9. The monoisotopic (exact) mass is 787 g/mol. The summed E-state index contributed by atoms with van der Waals surface area (Å²) in [5.41, 5.74) is 5.94. The van der Waals surface area contributed by atoms with Gasteiger partial charge < -0.3 is 18.6 Å². The van der Waals surface area contributed by atoms with E-state index in [1.807, 2.05) is 79.0 Å². The van der Waals surface area contributed by atoms with Crippen LogP contribution in [0.2, 0.25) is 0 Å². The molecule has 0 unspecified atom stereocenters. The van der Waals surface area contributed by atoms with Crippen molar-refractivity contribution in [2.45, 2.75) is 0 Å². The Bertz CT molecular complexity index is 2510. The van der Waals surface area contributed by atoms with Crippen molar-refractivity contribution in [1.82, 2.24) is 14.5 Å². The third-order valence-corrected chi connectivity index (χ3v) is 8.15. The van der Waals surface area contributed by atoms with E-state index < -0.39 is 0 Å². The van der Waals surface area contributed by atoms with E-state index in [-0.39, 0.29) is 21.1 Å². The number of benzene rings is 5. The van der Waals surface area contributed by atoms with Crippen LogP contribution in [0.4, 0.5) is 17.1 Å². The molecule has 0 N–H and O–H groups in total. The van der Waals surface area contributed by atoms with E-state index >= 15 is 0 Å². The molecule has 0 radical (unpaired) electrons. The quantitative estimate of drug-likeness (QED) is 0.157. The molecule has 0 saturated carbocycles. The molecular formula is C40H24N4O2Pt. The summed E-state index contributed by atoms with van der Waals surface area (Å²) in [6.45, 7) is 0. The van der Waals surface area contributed by atoms with E-state index in [4.69, 9.17) is 14.1 Å². The maximum Gasteiger partial charge on any atom is 2.00 e. The molecule has 7 heteroatoms. The van der Waals surface area contributed by atoms with Gasteiger partial charge in [-0.2, -0.15) is 6.07 Å². The van der Waals surface area contributed by atoms with E-state index in [0.717, 1.165) is 61.0 Å². The molecule has 4 heterocycles. The minimum absolute atomic E-state index is 0. The summed E-state index contributed by atoms with van der Waals surface area (Å²) in [6.07, 6.45) is 3.52. The molecule has 0 spiro atoms. The number of fused-ring (bicyclic) bond motifs is 6. The van der Waals surface area contributed by atoms with Crippen molar-refractivity contribution in [3.63, 3.8) is 0 Å². The van der Waals surface area contributed by atoms with Gasteiger partial charge in [0.15, 0.2) is 0 Å². The molecule has 0 fully saturated rings. The Balaban J connectivity index is 0.00000324. The molecular weight excluding hydrogens is 764 g/mol. The summed E-state index contributed by atoms with van der Waals surface area (Å²) in [6, 6.07) is 51.9. The molecule has 226 valence electrons. The molecule has 6 nitrogen and oxygen atoms in total. The van der Waals surface area contributed by atoms with Crippen molar-refractivity contribution in [2.24, 2.45) is 0 Å². The predicted molar refractivity (Wildman–Crippen MR) is 183 cm³/mol. The van der Waals surface area contributed by atoms with Crippen molar-refractivity contribution < 1.29 is 30.2 Å². The number of hydrogen-bond donors (Lipinski definition) is 0. The Hall–Kier alpha value is -5.71. The summed E-state index contributed by atoms with van der Waals surface area (Å²) < 4.78 is 14.9. The Morgan fingerprint density at radius 3 is 2.17 bits per heavy atom. The Morgan fingerprint density at radius 2 is 1.36 bits per heavy atom. The third kappa shape index (κ3) is 4.94. The van der Waals surface area contributed by atoms with Gasteiger partial charge in [0.2, 0.25) is 5.88 Å². The molecule has 0 aliphatic heterocycles. The zero-order valence-electron chi connectivity index (χ0n) is 24.8. The van der Waals surface area contributed by atoms with Gasteiger partial charge in [0.1, 0.15) is 11.4 Å². The SMILES string of the molecule is [Pt+2].[c-]1c(N(c2[c-]c3c(cc2)c2ccccc2n3-c2ccccn2)c2ccccc2)cc2c(oc3ccccc32)c1Oc1ccccn1. The molecule has 0 amide bonds. The van der Waals surface area contributed by atoms with Crippen molar-refractivity contribution in [1.29, 1.82) is 0 Å². The van der Waals surface area contributed by atoms with E-state index in [1.54, 1.807) is 6.20 Å². The van der Waals surface area contributed by atoms with Crippen LogP contribution in [0, 0.1) is 12.1 Å². The second kappa shape index (κ2) is 11.9. The number of ether oxygens (including phenoxy) is 1. The first kappa shape index (κ1) is 28.7. The van der Waals surface area contributed by atoms with Crippen LogP contribution in [0.3, 0.4) is 0 Å². The van der Waals surface area contributed by atoms with E-state index in [2.05, 4.69) is 87.2 Å². The Kier molecular flexibility index (Phi) is 7.28. The van der Waals surface area contributed by atoms with E-state index in [0.29, 0.717) is 17.2 Å². The van der Waals surface area contributed by atoms with Crippen LogP contribution in [0.5, 0.6) is 11.6 Å². The van der Waals surface area contributed by atoms with Crippen LogP contribution in [0.15, 0.2) is 150 Å². The van der Waals surface area contributed by atoms with Gasteiger partial charge in [0, 0.05) is 35.1 Å². The summed E-state index contributed by atoms with van der Waals surface area (Å²) in [4.78, 5) is 11.3. The maximum atomic E-state index is 6.36. The number of nitrogens with zero attached hydrogens (tertiary/aromatic N) is 4. The summed E-state index contributed by atoms with van der Waals surface area (Å²) in [7, 11) is 0. The molecule has 9 rings (SSSR count). The summed E-state index contributed by atoms with van der Waals surface area (Å²) in [5.74, 6) is 1.74. The molecule has 0 aliphatic rings. The van der Waals surface area contributed by atoms with Crippen LogP contribution in [0.25, 0.3) is 49.6 Å². The number of pyridine rings is 2. The van der Waals surface area contributed by atoms with Gasteiger partial charge in [0.05, 0.1) is 11.3 Å². The predicted octanol–water partition coefficient (Wildman–Crippen LogP) is 10.3. The van der Waals surface area contributed by atoms with Crippen molar-refractivity contribution >= 4 is 60.8 Å². The fourth-order valence-corrected chi connectivity index (χ4v) is 6.15. The van der Waals surface area contributed by atoms with Gasteiger partial charge in [-0.25, -0.2) is 9.97 Å². The molecule has 5 aromatic carbocycles. The summed E-state index contributed by atoms with van der Waals surface area (Å²) in [5, 5.41) is 4.14. The van der Waals surface area contributed by atoms with Gasteiger partial charge in [-0.3, -0.25) is 0 Å². The molecule has 0 bridgehead atoms. The average molecular weight is 788 g/mol. The fourth-order valence-electron chi connectivity index (χ4n) is 6.15. The number of aromatic nitrogens is 3. The van der Waals surface area contributed by atoms with Crippen LogP contribution < -0.4 is 9.64 Å². The molecule has 0 saturated heterocycles. The zero-order chi connectivity index (χ0) is 30.5. The minimum atomic E-state index is 0. The number of anilines is 3. The van der Waals surface area contributed by atoms with Crippen LogP contribution in [0.1, 0.15) is 0 Å². The second-order valence-electron chi connectivity index (χ2n) is 10.9. The number of hydrogen-bond acceptors (Lipinski definition) is 5. The van der Waals surface area contributed by atoms with Gasteiger partial charge in [0.25, 0.3) is 0 Å². The van der Waals surface area contributed by atoms with E-state index in [1.165, 1.54) is 0 Å². The first-order valence-corrected chi connectivity index (χ1v) is 15.0. The van der Waals surface area contributed by atoms with Gasteiger partial charge in [-0.05, 0) is 47.9 Å². The third-order valence-electron chi connectivity index (χ3n) is 8.15. The van der Waals surface area contributed by atoms with Crippen molar-refractivity contribution in [3.05, 3.63) is 158 Å². The molecule has 0 aliphatic carbocycles. The number of furan rings is 1. The Morgan fingerprint density at radius 1 is 0.617 bits per heavy atom. The number of para-hydroxylation sites is 3. The smallest absolute Gasteiger partial charge is 0.512 e. The maximum absolute atomic E-state index is 6.36. The van der Waals surface area contributed by atoms with Crippen molar-refractivity contribution in [3.8, 4) is 17.4 Å². The minimum Gasteiger partial charge on any atom is -0.512 e. The molecule has 4 aromatic heterocycles. The van der Waals surface area contributed by atoms with Gasteiger partial charge >= 0.3 is 21.1 Å². The molecule has 0 atom stereocenters. The zero-order valence-corrected chi connectivity index (χ0v) is 27.1. The first-order chi connectivity index (χ1) is 22.8. The number of rotatable bonds is 6. The first-order valence-electron chi connectivity index (χ1n) is 15.0. The van der Waals surface area contributed by atoms with Crippen LogP contribution in [-0.2, 0) is 21.1 Å². The standard InChI is InChI=1S/C40H24N4O2.Pt/c1-2-12-27(13-3-1)43(28-20-21-31-30-14-4-6-16-34(30)44(35(31)25-28)38-18-8-10-22-41-38)29-24-33-32-15-5-7-17-36(32)46-40(33)37(26-29)45-39-19-9-11-23-42-39;/h1-24H;/q-2;+2. The van der Waals surface area contributed by atoms with Crippen LogP contribution in [-0.4, -0.2) is 14.5 Å². The van der Waals surface area contributed by atoms with Gasteiger partial charge in [-0.1, -0.05) is 89.0 Å². The Labute approximate surface area is 284 Å². The normalized spacial score (nSPS) is 11.2. The van der Waals surface area contributed by atoms with Crippen molar-refractivity contribution in [2.75, 3.05) is 4.90 Å². The van der Waals surface area contributed by atoms with E-state index in [9.17, 15) is 0 Å². The van der Waals surface area contributed by atoms with Crippen LogP contribution >= 0.6 is 0 Å².